The zero-order valence-electron chi connectivity index (χ0n) is 19.0. The third-order valence-corrected chi connectivity index (χ3v) is 6.84. The molecule has 0 aliphatic rings. The van der Waals surface area contributed by atoms with E-state index in [0.717, 1.165) is 42.3 Å². The van der Waals surface area contributed by atoms with Crippen molar-refractivity contribution in [2.24, 2.45) is 5.41 Å². The van der Waals surface area contributed by atoms with Crippen molar-refractivity contribution in [3.63, 3.8) is 0 Å². The average molecular weight is 376 g/mol. The zero-order valence-corrected chi connectivity index (χ0v) is 19.0. The van der Waals surface area contributed by atoms with E-state index in [1.54, 1.807) is 7.85 Å². The molecule has 0 aliphatic heterocycles. The Balaban J connectivity index is 3.83. The lowest BCUT2D eigenvalue weighted by molar-refractivity contribution is -0.136. The summed E-state index contributed by atoms with van der Waals surface area (Å²) in [7, 11) is 7.84. The summed E-state index contributed by atoms with van der Waals surface area (Å²) < 4.78 is 41.3. The highest BCUT2D eigenvalue weighted by atomic mass is 19.4. The van der Waals surface area contributed by atoms with E-state index in [-0.39, 0.29) is 16.0 Å². The van der Waals surface area contributed by atoms with E-state index in [9.17, 15) is 13.2 Å². The molecular formula is C20H35B4F3. The Morgan fingerprint density at radius 2 is 1.37 bits per heavy atom. The fourth-order valence-corrected chi connectivity index (χ4v) is 3.88. The summed E-state index contributed by atoms with van der Waals surface area (Å²) in [5.74, 6) is 0. The SMILES string of the molecule is Bc1c(C(F)(F)F)cc(C(C)(C)CCCCC)c(C(B)(B)C(C)(C)C)c1B. The van der Waals surface area contributed by atoms with Crippen LogP contribution in [0.2, 0.25) is 0 Å². The van der Waals surface area contributed by atoms with Gasteiger partial charge < -0.3 is 0 Å². The molecule has 148 valence electrons. The van der Waals surface area contributed by atoms with Gasteiger partial charge in [0.1, 0.15) is 31.4 Å². The average Bonchev–Trinajstić information content (AvgIpc) is 2.46. The van der Waals surface area contributed by atoms with E-state index in [1.807, 2.05) is 7.85 Å². The van der Waals surface area contributed by atoms with Gasteiger partial charge in [-0.3, -0.25) is 0 Å². The van der Waals surface area contributed by atoms with Crippen LogP contribution in [0.15, 0.2) is 6.07 Å². The summed E-state index contributed by atoms with van der Waals surface area (Å²) in [6, 6.07) is 1.46. The van der Waals surface area contributed by atoms with E-state index >= 15 is 0 Å². The largest absolute Gasteiger partial charge is 0.415 e. The summed E-state index contributed by atoms with van der Waals surface area (Å²) in [6.45, 7) is 12.9. The Morgan fingerprint density at radius 3 is 1.78 bits per heavy atom. The molecule has 1 aromatic carbocycles. The van der Waals surface area contributed by atoms with Gasteiger partial charge in [0.25, 0.3) is 0 Å². The maximum absolute atomic E-state index is 13.8. The second-order valence-corrected chi connectivity index (χ2v) is 10.3. The molecule has 0 amide bonds. The Kier molecular flexibility index (Phi) is 7.16. The number of hydrogen-bond acceptors (Lipinski definition) is 0. The molecule has 0 spiro atoms. The van der Waals surface area contributed by atoms with Crippen LogP contribution in [-0.2, 0) is 16.8 Å². The molecule has 0 unspecified atom stereocenters. The predicted molar refractivity (Wildman–Crippen MR) is 123 cm³/mol. The lowest BCUT2D eigenvalue weighted by Crippen LogP contribution is -2.51. The van der Waals surface area contributed by atoms with Crippen LogP contribution in [0.1, 0.15) is 83.9 Å². The molecule has 0 saturated heterocycles. The Hall–Kier alpha value is -0.730. The van der Waals surface area contributed by atoms with Gasteiger partial charge in [0.05, 0.1) is 0 Å². The predicted octanol–water partition coefficient (Wildman–Crippen LogP) is 1.55. The minimum absolute atomic E-state index is 0.0712. The van der Waals surface area contributed by atoms with Crippen LogP contribution in [0.25, 0.3) is 0 Å². The van der Waals surface area contributed by atoms with Crippen molar-refractivity contribution >= 4 is 42.3 Å². The van der Waals surface area contributed by atoms with Gasteiger partial charge >= 0.3 is 6.18 Å². The molecular weight excluding hydrogens is 340 g/mol. The van der Waals surface area contributed by atoms with Crippen molar-refractivity contribution in [3.05, 3.63) is 22.8 Å². The standard InChI is InChI=1S/C20H35B4F3/c1-7-8-9-10-18(5,6)12-11-13(20(25,26)27)15(21)16(22)14(12)19(23,24)17(2,3)4/h11H,7-10,21-24H2,1-6H3. The van der Waals surface area contributed by atoms with Gasteiger partial charge in [0.2, 0.25) is 0 Å². The topological polar surface area (TPSA) is 0 Å². The normalized spacial score (nSPS) is 13.8. The Labute approximate surface area is 168 Å². The lowest BCUT2D eigenvalue weighted by atomic mass is 9.38. The van der Waals surface area contributed by atoms with Crippen molar-refractivity contribution < 1.29 is 13.2 Å². The van der Waals surface area contributed by atoms with Crippen molar-refractivity contribution in [2.75, 3.05) is 0 Å². The highest BCUT2D eigenvalue weighted by molar-refractivity contribution is 6.52. The number of unbranched alkanes of at least 4 members (excludes halogenated alkanes) is 2. The number of hydrogen-bond donors (Lipinski definition) is 0. The van der Waals surface area contributed by atoms with Crippen molar-refractivity contribution in [3.8, 4) is 0 Å². The molecule has 0 aliphatic carbocycles. The highest BCUT2D eigenvalue weighted by Crippen LogP contribution is 2.43. The van der Waals surface area contributed by atoms with Gasteiger partial charge in [0, 0.05) is 5.56 Å². The first-order valence-electron chi connectivity index (χ1n) is 10.2. The maximum atomic E-state index is 13.8. The number of halogens is 3. The fraction of sp³-hybridized carbons (Fsp3) is 0.700. The molecule has 0 N–H and O–H groups in total. The molecule has 7 heteroatoms. The van der Waals surface area contributed by atoms with Crippen LogP contribution in [0.4, 0.5) is 13.2 Å². The van der Waals surface area contributed by atoms with Crippen LogP contribution >= 0.6 is 0 Å². The molecule has 1 aromatic rings. The monoisotopic (exact) mass is 376 g/mol. The Morgan fingerprint density at radius 1 is 0.852 bits per heavy atom. The number of benzene rings is 1. The number of alkyl halides is 3. The van der Waals surface area contributed by atoms with Gasteiger partial charge in [-0.2, -0.15) is 13.2 Å². The first-order chi connectivity index (χ1) is 12.0. The first-order valence-corrected chi connectivity index (χ1v) is 10.2. The highest BCUT2D eigenvalue weighted by Gasteiger charge is 2.42. The van der Waals surface area contributed by atoms with Gasteiger partial charge in [-0.15, -0.1) is 0 Å². The van der Waals surface area contributed by atoms with E-state index < -0.39 is 11.7 Å². The molecule has 0 saturated carbocycles. The molecule has 0 aromatic heterocycles. The maximum Gasteiger partial charge on any atom is 0.415 e. The molecule has 0 radical (unpaired) electrons. The van der Waals surface area contributed by atoms with Gasteiger partial charge in [0.15, 0.2) is 0 Å². The van der Waals surface area contributed by atoms with E-state index in [4.69, 9.17) is 0 Å². The second-order valence-electron chi connectivity index (χ2n) is 10.3. The summed E-state index contributed by atoms with van der Waals surface area (Å²) >= 11 is 0. The lowest BCUT2D eigenvalue weighted by Gasteiger charge is -2.45. The van der Waals surface area contributed by atoms with Crippen LogP contribution in [-0.4, -0.2) is 31.4 Å². The second kappa shape index (κ2) is 7.95. The third-order valence-electron chi connectivity index (χ3n) is 6.84. The van der Waals surface area contributed by atoms with Gasteiger partial charge in [-0.1, -0.05) is 82.5 Å². The summed E-state index contributed by atoms with van der Waals surface area (Å²) in [5.41, 5.74) is 2.28. The molecule has 0 atom stereocenters. The van der Waals surface area contributed by atoms with Crippen molar-refractivity contribution in [1.29, 1.82) is 0 Å². The zero-order chi connectivity index (χ0) is 21.4. The molecule has 0 nitrogen and oxygen atoms in total. The smallest absolute Gasteiger partial charge is 0.166 e. The molecule has 1 rings (SSSR count). The minimum Gasteiger partial charge on any atom is -0.166 e. The quantitative estimate of drug-likeness (QED) is 0.523. The van der Waals surface area contributed by atoms with Crippen LogP contribution in [0.5, 0.6) is 0 Å². The molecule has 27 heavy (non-hydrogen) atoms. The summed E-state index contributed by atoms with van der Waals surface area (Å²) in [5, 5.41) is -0.247. The van der Waals surface area contributed by atoms with E-state index in [2.05, 4.69) is 57.2 Å². The first kappa shape index (κ1) is 24.3. The van der Waals surface area contributed by atoms with Crippen LogP contribution in [0.3, 0.4) is 0 Å². The van der Waals surface area contributed by atoms with Crippen molar-refractivity contribution in [1.82, 2.24) is 0 Å². The Bertz CT molecular complexity index is 671. The van der Waals surface area contributed by atoms with Gasteiger partial charge in [-0.05, 0) is 28.9 Å². The van der Waals surface area contributed by atoms with Crippen LogP contribution < -0.4 is 10.9 Å². The van der Waals surface area contributed by atoms with E-state index in [1.165, 1.54) is 6.07 Å². The summed E-state index contributed by atoms with van der Waals surface area (Å²) in [4.78, 5) is 0. The number of rotatable bonds is 6. The minimum atomic E-state index is -4.33. The third kappa shape index (κ3) is 5.01. The van der Waals surface area contributed by atoms with Gasteiger partial charge in [-0.25, -0.2) is 0 Å². The molecule has 0 fully saturated rings. The fourth-order valence-electron chi connectivity index (χ4n) is 3.88. The summed E-state index contributed by atoms with van der Waals surface area (Å²) in [6.07, 6.45) is -0.177. The molecule has 0 heterocycles. The van der Waals surface area contributed by atoms with E-state index in [0.29, 0.717) is 5.46 Å². The molecule has 0 bridgehead atoms. The van der Waals surface area contributed by atoms with Crippen LogP contribution in [0, 0.1) is 5.41 Å². The van der Waals surface area contributed by atoms with Crippen molar-refractivity contribution in [2.45, 2.75) is 84.0 Å².